The molecule has 2 saturated heterocycles. The highest BCUT2D eigenvalue weighted by atomic mass is 16.2. The third-order valence-electron chi connectivity index (χ3n) is 3.64. The molecule has 0 aromatic carbocycles. The van der Waals surface area contributed by atoms with Gasteiger partial charge in [-0.1, -0.05) is 6.92 Å². The van der Waals surface area contributed by atoms with E-state index in [0.717, 1.165) is 25.9 Å². The zero-order valence-electron chi connectivity index (χ0n) is 9.74. The molecule has 0 aromatic heterocycles. The van der Waals surface area contributed by atoms with Gasteiger partial charge in [0, 0.05) is 25.6 Å². The van der Waals surface area contributed by atoms with Crippen molar-refractivity contribution in [3.05, 3.63) is 0 Å². The van der Waals surface area contributed by atoms with Gasteiger partial charge in [-0.3, -0.25) is 9.69 Å². The maximum atomic E-state index is 11.7. The summed E-state index contributed by atoms with van der Waals surface area (Å²) in [5.74, 6) is 0.360. The lowest BCUT2D eigenvalue weighted by atomic mass is 10.2. The lowest BCUT2D eigenvalue weighted by Crippen LogP contribution is -2.37. The molecule has 0 aliphatic carbocycles. The third-order valence-corrected chi connectivity index (χ3v) is 3.64. The molecule has 2 heterocycles. The van der Waals surface area contributed by atoms with Crippen molar-refractivity contribution < 1.29 is 4.79 Å². The first kappa shape index (κ1) is 10.9. The van der Waals surface area contributed by atoms with Crippen molar-refractivity contribution in [2.45, 2.75) is 45.1 Å². The number of carbonyl (C=O) groups excluding carboxylic acids is 1. The van der Waals surface area contributed by atoms with Gasteiger partial charge in [0.15, 0.2) is 0 Å². The van der Waals surface area contributed by atoms with Gasteiger partial charge in [-0.15, -0.1) is 0 Å². The molecular weight excluding hydrogens is 188 g/mol. The van der Waals surface area contributed by atoms with E-state index in [9.17, 15) is 4.79 Å². The maximum absolute atomic E-state index is 11.7. The van der Waals surface area contributed by atoms with Crippen molar-refractivity contribution in [1.29, 1.82) is 0 Å². The van der Waals surface area contributed by atoms with Crippen LogP contribution in [0.4, 0.5) is 0 Å². The van der Waals surface area contributed by atoms with Gasteiger partial charge in [0.25, 0.3) is 0 Å². The third kappa shape index (κ3) is 2.51. The number of amides is 1. The fraction of sp³-hybridized carbons (Fsp3) is 0.917. The SMILES string of the molecule is CCCC(=O)N1CCC(N2CCCC2)C1. The number of nitrogens with zero attached hydrogens (tertiary/aromatic N) is 2. The molecule has 2 fully saturated rings. The highest BCUT2D eigenvalue weighted by Crippen LogP contribution is 2.20. The second kappa shape index (κ2) is 4.97. The molecule has 1 unspecified atom stereocenters. The van der Waals surface area contributed by atoms with Crippen LogP contribution >= 0.6 is 0 Å². The molecule has 2 aliphatic rings. The normalized spacial score (nSPS) is 27.5. The van der Waals surface area contributed by atoms with E-state index in [2.05, 4.69) is 16.7 Å². The highest BCUT2D eigenvalue weighted by molar-refractivity contribution is 5.76. The molecule has 3 heteroatoms. The van der Waals surface area contributed by atoms with Crippen LogP contribution in [-0.4, -0.2) is 47.9 Å². The van der Waals surface area contributed by atoms with E-state index in [4.69, 9.17) is 0 Å². The van der Waals surface area contributed by atoms with Gasteiger partial charge in [0.1, 0.15) is 0 Å². The number of rotatable bonds is 3. The molecule has 1 atom stereocenters. The van der Waals surface area contributed by atoms with Crippen LogP contribution in [0.3, 0.4) is 0 Å². The van der Waals surface area contributed by atoms with E-state index in [0.29, 0.717) is 11.9 Å². The van der Waals surface area contributed by atoms with Gasteiger partial charge >= 0.3 is 0 Å². The molecule has 2 rings (SSSR count). The highest BCUT2D eigenvalue weighted by Gasteiger charge is 2.30. The quantitative estimate of drug-likeness (QED) is 0.704. The summed E-state index contributed by atoms with van der Waals surface area (Å²) in [6, 6.07) is 0.660. The van der Waals surface area contributed by atoms with Gasteiger partial charge in [-0.05, 0) is 38.8 Å². The lowest BCUT2D eigenvalue weighted by Gasteiger charge is -2.23. The summed E-state index contributed by atoms with van der Waals surface area (Å²) in [4.78, 5) is 16.3. The second-order valence-corrected chi connectivity index (χ2v) is 4.78. The second-order valence-electron chi connectivity index (χ2n) is 4.78. The molecule has 0 spiro atoms. The Morgan fingerprint density at radius 2 is 2.00 bits per heavy atom. The Bertz CT molecular complexity index is 224. The van der Waals surface area contributed by atoms with Gasteiger partial charge in [0.05, 0.1) is 0 Å². The summed E-state index contributed by atoms with van der Waals surface area (Å²) < 4.78 is 0. The molecule has 86 valence electrons. The van der Waals surface area contributed by atoms with E-state index in [-0.39, 0.29) is 0 Å². The summed E-state index contributed by atoms with van der Waals surface area (Å²) in [6.07, 6.45) is 5.59. The van der Waals surface area contributed by atoms with Crippen LogP contribution in [0.2, 0.25) is 0 Å². The molecule has 15 heavy (non-hydrogen) atoms. The van der Waals surface area contributed by atoms with Gasteiger partial charge < -0.3 is 4.90 Å². The smallest absolute Gasteiger partial charge is 0.222 e. The molecule has 0 aromatic rings. The molecule has 3 nitrogen and oxygen atoms in total. The first-order valence-corrected chi connectivity index (χ1v) is 6.33. The monoisotopic (exact) mass is 210 g/mol. The Hall–Kier alpha value is -0.570. The minimum Gasteiger partial charge on any atom is -0.341 e. The van der Waals surface area contributed by atoms with Crippen LogP contribution in [0.5, 0.6) is 0 Å². The van der Waals surface area contributed by atoms with E-state index in [1.165, 1.54) is 32.4 Å². The Morgan fingerprint density at radius 3 is 2.67 bits per heavy atom. The van der Waals surface area contributed by atoms with Crippen molar-refractivity contribution in [2.75, 3.05) is 26.2 Å². The minimum atomic E-state index is 0.360. The fourth-order valence-electron chi connectivity index (χ4n) is 2.75. The number of likely N-dealkylation sites (tertiary alicyclic amines) is 2. The van der Waals surface area contributed by atoms with Crippen LogP contribution in [0.15, 0.2) is 0 Å². The summed E-state index contributed by atoms with van der Waals surface area (Å²) in [5.41, 5.74) is 0. The summed E-state index contributed by atoms with van der Waals surface area (Å²) in [6.45, 7) is 6.55. The van der Waals surface area contributed by atoms with E-state index in [1.54, 1.807) is 0 Å². The zero-order chi connectivity index (χ0) is 10.7. The molecule has 0 N–H and O–H groups in total. The van der Waals surface area contributed by atoms with Crippen LogP contribution in [-0.2, 0) is 4.79 Å². The lowest BCUT2D eigenvalue weighted by molar-refractivity contribution is -0.130. The predicted octanol–water partition coefficient (Wildman–Crippen LogP) is 1.48. The maximum Gasteiger partial charge on any atom is 0.222 e. The van der Waals surface area contributed by atoms with E-state index >= 15 is 0 Å². The number of hydrogen-bond acceptors (Lipinski definition) is 2. The van der Waals surface area contributed by atoms with E-state index < -0.39 is 0 Å². The van der Waals surface area contributed by atoms with Crippen LogP contribution in [0, 0.1) is 0 Å². The molecule has 0 saturated carbocycles. The molecule has 0 radical (unpaired) electrons. The molecular formula is C12H22N2O. The number of carbonyl (C=O) groups is 1. The average molecular weight is 210 g/mol. The minimum absolute atomic E-state index is 0.360. The van der Waals surface area contributed by atoms with Crippen molar-refractivity contribution in [2.24, 2.45) is 0 Å². The standard InChI is InChI=1S/C12H22N2O/c1-2-5-12(15)14-9-6-11(10-14)13-7-3-4-8-13/h11H,2-10H2,1H3. The molecule has 2 aliphatic heterocycles. The Morgan fingerprint density at radius 1 is 1.27 bits per heavy atom. The first-order valence-electron chi connectivity index (χ1n) is 6.33. The summed E-state index contributed by atoms with van der Waals surface area (Å²) in [7, 11) is 0. The predicted molar refractivity (Wildman–Crippen MR) is 60.7 cm³/mol. The molecule has 0 bridgehead atoms. The Labute approximate surface area is 92.4 Å². The topological polar surface area (TPSA) is 23.6 Å². The van der Waals surface area contributed by atoms with Crippen molar-refractivity contribution >= 4 is 5.91 Å². The van der Waals surface area contributed by atoms with Crippen LogP contribution < -0.4 is 0 Å². The van der Waals surface area contributed by atoms with Crippen molar-refractivity contribution in [3.8, 4) is 0 Å². The van der Waals surface area contributed by atoms with Gasteiger partial charge in [-0.2, -0.15) is 0 Å². The van der Waals surface area contributed by atoms with Crippen molar-refractivity contribution in [1.82, 2.24) is 9.80 Å². The van der Waals surface area contributed by atoms with E-state index in [1.807, 2.05) is 0 Å². The summed E-state index contributed by atoms with van der Waals surface area (Å²) in [5, 5.41) is 0. The first-order chi connectivity index (χ1) is 7.31. The molecule has 1 amide bonds. The van der Waals surface area contributed by atoms with Gasteiger partial charge in [-0.25, -0.2) is 0 Å². The number of hydrogen-bond donors (Lipinski definition) is 0. The summed E-state index contributed by atoms with van der Waals surface area (Å²) >= 11 is 0. The Balaban J connectivity index is 1.80. The average Bonchev–Trinajstić information content (AvgIpc) is 2.89. The van der Waals surface area contributed by atoms with Crippen LogP contribution in [0.1, 0.15) is 39.0 Å². The fourth-order valence-corrected chi connectivity index (χ4v) is 2.75. The van der Waals surface area contributed by atoms with Crippen molar-refractivity contribution in [3.63, 3.8) is 0 Å². The Kier molecular flexibility index (Phi) is 3.62. The van der Waals surface area contributed by atoms with Crippen LogP contribution in [0.25, 0.3) is 0 Å². The van der Waals surface area contributed by atoms with Gasteiger partial charge in [0.2, 0.25) is 5.91 Å². The zero-order valence-corrected chi connectivity index (χ0v) is 9.74. The largest absolute Gasteiger partial charge is 0.341 e.